The molecule has 0 bridgehead atoms. The van der Waals surface area contributed by atoms with Crippen LogP contribution in [0.5, 0.6) is 0 Å². The van der Waals surface area contributed by atoms with Crippen LogP contribution in [0.25, 0.3) is 10.9 Å². The van der Waals surface area contributed by atoms with E-state index in [4.69, 9.17) is 12.2 Å². The molecule has 32 heavy (non-hydrogen) atoms. The van der Waals surface area contributed by atoms with E-state index in [9.17, 15) is 4.79 Å². The fourth-order valence-corrected chi connectivity index (χ4v) is 4.96. The number of benzene rings is 2. The molecule has 4 nitrogen and oxygen atoms in total. The summed E-state index contributed by atoms with van der Waals surface area (Å²) in [7, 11) is 0. The number of pyridine rings is 1. The number of aromatic amines is 1. The Labute approximate surface area is 197 Å². The molecule has 0 amide bonds. The fraction of sp³-hybridized carbons (Fsp3) is 0.231. The molecule has 0 unspecified atom stereocenters. The molecule has 2 aromatic heterocycles. The second kappa shape index (κ2) is 9.67. The van der Waals surface area contributed by atoms with Crippen molar-refractivity contribution in [1.82, 2.24) is 15.2 Å². The van der Waals surface area contributed by atoms with Gasteiger partial charge in [-0.25, -0.2) is 0 Å². The maximum Gasteiger partial charge on any atom is 0.253 e. The average molecular weight is 462 g/mol. The molecule has 0 spiro atoms. The standard InChI is InChI=1S/C26H27N3OS2/c1-17-12-18(2)23-14-21(25(30)28-24(23)13-17)15-29(16-22-10-7-11-32-22)26(31)27-19(3)20-8-5-4-6-9-20/h4-14,19H,15-16H2,1-3H3,(H,27,31)(H,28,30)/t19-/m1/s1. The first kappa shape index (κ1) is 22.2. The van der Waals surface area contributed by atoms with Crippen LogP contribution in [0, 0.1) is 13.8 Å². The third-order valence-electron chi connectivity index (χ3n) is 5.60. The van der Waals surface area contributed by atoms with Crippen LogP contribution < -0.4 is 10.9 Å². The van der Waals surface area contributed by atoms with E-state index < -0.39 is 0 Å². The summed E-state index contributed by atoms with van der Waals surface area (Å²) >= 11 is 7.50. The van der Waals surface area contributed by atoms with E-state index in [-0.39, 0.29) is 11.6 Å². The van der Waals surface area contributed by atoms with Crippen molar-refractivity contribution in [2.24, 2.45) is 0 Å². The maximum atomic E-state index is 12.9. The van der Waals surface area contributed by atoms with E-state index in [0.29, 0.717) is 23.8 Å². The molecule has 0 radical (unpaired) electrons. The zero-order valence-electron chi connectivity index (χ0n) is 18.5. The van der Waals surface area contributed by atoms with Crippen LogP contribution in [0.1, 0.15) is 40.1 Å². The van der Waals surface area contributed by atoms with Gasteiger partial charge < -0.3 is 15.2 Å². The highest BCUT2D eigenvalue weighted by Gasteiger charge is 2.17. The van der Waals surface area contributed by atoms with Gasteiger partial charge in [-0.15, -0.1) is 11.3 Å². The molecule has 4 aromatic rings. The van der Waals surface area contributed by atoms with Gasteiger partial charge in [0.2, 0.25) is 0 Å². The van der Waals surface area contributed by atoms with E-state index >= 15 is 0 Å². The van der Waals surface area contributed by atoms with Crippen LogP contribution in [-0.2, 0) is 13.1 Å². The van der Waals surface area contributed by atoms with Crippen LogP contribution in [0.3, 0.4) is 0 Å². The van der Waals surface area contributed by atoms with Crippen molar-refractivity contribution in [3.05, 3.63) is 104 Å². The van der Waals surface area contributed by atoms with E-state index in [1.165, 1.54) is 10.4 Å². The molecular formula is C26H27N3OS2. The van der Waals surface area contributed by atoms with Gasteiger partial charge in [-0.2, -0.15) is 0 Å². The third kappa shape index (κ3) is 5.09. The lowest BCUT2D eigenvalue weighted by Gasteiger charge is -2.28. The van der Waals surface area contributed by atoms with Crippen LogP contribution in [0.15, 0.2) is 70.8 Å². The molecule has 164 valence electrons. The number of H-pyrrole nitrogens is 1. The Bertz CT molecular complexity index is 1280. The number of rotatable bonds is 6. The summed E-state index contributed by atoms with van der Waals surface area (Å²) in [5.41, 5.74) is 4.97. The first-order valence-corrected chi connectivity index (χ1v) is 12.0. The van der Waals surface area contributed by atoms with Crippen molar-refractivity contribution in [3.63, 3.8) is 0 Å². The van der Waals surface area contributed by atoms with E-state index in [0.717, 1.165) is 22.0 Å². The number of aryl methyl sites for hydroxylation is 2. The number of fused-ring (bicyclic) bond motifs is 1. The van der Waals surface area contributed by atoms with Crippen LogP contribution >= 0.6 is 23.6 Å². The molecule has 0 saturated carbocycles. The predicted molar refractivity (Wildman–Crippen MR) is 138 cm³/mol. The smallest absolute Gasteiger partial charge is 0.253 e. The number of hydrogen-bond donors (Lipinski definition) is 2. The lowest BCUT2D eigenvalue weighted by Crippen LogP contribution is -2.40. The van der Waals surface area contributed by atoms with Crippen LogP contribution in [-0.4, -0.2) is 15.0 Å². The Morgan fingerprint density at radius 1 is 1.09 bits per heavy atom. The maximum absolute atomic E-state index is 12.9. The van der Waals surface area contributed by atoms with Gasteiger partial charge in [-0.3, -0.25) is 4.79 Å². The first-order chi connectivity index (χ1) is 15.4. The van der Waals surface area contributed by atoms with Gasteiger partial charge in [-0.05, 0) is 73.3 Å². The molecular weight excluding hydrogens is 434 g/mol. The Kier molecular flexibility index (Phi) is 6.72. The van der Waals surface area contributed by atoms with Gasteiger partial charge in [0.1, 0.15) is 0 Å². The lowest BCUT2D eigenvalue weighted by molar-refractivity contribution is 0.395. The fourth-order valence-electron chi connectivity index (χ4n) is 3.93. The first-order valence-electron chi connectivity index (χ1n) is 10.7. The molecule has 2 aromatic carbocycles. The molecule has 6 heteroatoms. The largest absolute Gasteiger partial charge is 0.356 e. The van der Waals surface area contributed by atoms with Gasteiger partial charge >= 0.3 is 0 Å². The van der Waals surface area contributed by atoms with Gasteiger partial charge in [0.05, 0.1) is 19.1 Å². The molecule has 0 aliphatic carbocycles. The molecule has 0 aliphatic heterocycles. The molecule has 0 fully saturated rings. The zero-order valence-corrected chi connectivity index (χ0v) is 20.1. The normalized spacial score (nSPS) is 12.0. The molecule has 4 rings (SSSR count). The summed E-state index contributed by atoms with van der Waals surface area (Å²) in [4.78, 5) is 19.3. The number of nitrogens with one attached hydrogen (secondary N) is 2. The average Bonchev–Trinajstić information content (AvgIpc) is 3.27. The monoisotopic (exact) mass is 461 g/mol. The number of nitrogens with zero attached hydrogens (tertiary/aromatic N) is 1. The predicted octanol–water partition coefficient (Wildman–Crippen LogP) is 5.84. The summed E-state index contributed by atoms with van der Waals surface area (Å²) in [5, 5.41) is 7.22. The van der Waals surface area contributed by atoms with Gasteiger partial charge in [0.25, 0.3) is 5.56 Å². The second-order valence-electron chi connectivity index (χ2n) is 8.18. The summed E-state index contributed by atoms with van der Waals surface area (Å²) < 4.78 is 0. The highest BCUT2D eigenvalue weighted by molar-refractivity contribution is 7.80. The van der Waals surface area contributed by atoms with Crippen LogP contribution in [0.2, 0.25) is 0 Å². The van der Waals surface area contributed by atoms with E-state index in [1.807, 2.05) is 43.3 Å². The quantitative estimate of drug-likeness (QED) is 0.354. The number of thiophene rings is 1. The zero-order chi connectivity index (χ0) is 22.7. The molecule has 0 saturated heterocycles. The minimum atomic E-state index is -0.0717. The third-order valence-corrected chi connectivity index (χ3v) is 6.84. The van der Waals surface area contributed by atoms with Crippen molar-refractivity contribution in [1.29, 1.82) is 0 Å². The van der Waals surface area contributed by atoms with Crippen molar-refractivity contribution in [2.45, 2.75) is 39.9 Å². The van der Waals surface area contributed by atoms with E-state index in [1.54, 1.807) is 11.3 Å². The van der Waals surface area contributed by atoms with Crippen molar-refractivity contribution < 1.29 is 0 Å². The molecule has 2 heterocycles. The Morgan fingerprint density at radius 3 is 2.59 bits per heavy atom. The minimum absolute atomic E-state index is 0.0645. The van der Waals surface area contributed by atoms with Gasteiger partial charge in [-0.1, -0.05) is 42.5 Å². The summed E-state index contributed by atoms with van der Waals surface area (Å²) in [6.07, 6.45) is 0. The van der Waals surface area contributed by atoms with Gasteiger partial charge in [0, 0.05) is 21.3 Å². The highest BCUT2D eigenvalue weighted by Crippen LogP contribution is 2.21. The SMILES string of the molecule is Cc1cc(C)c2cc(CN(Cc3cccs3)C(=S)N[C@H](C)c3ccccc3)c(=O)[nH]c2c1. The number of aromatic nitrogens is 1. The highest BCUT2D eigenvalue weighted by atomic mass is 32.1. The van der Waals surface area contributed by atoms with Crippen molar-refractivity contribution in [2.75, 3.05) is 0 Å². The van der Waals surface area contributed by atoms with Crippen molar-refractivity contribution in [3.8, 4) is 0 Å². The Morgan fingerprint density at radius 2 is 1.88 bits per heavy atom. The topological polar surface area (TPSA) is 48.1 Å². The molecule has 0 aliphatic rings. The Hall–Kier alpha value is -2.96. The lowest BCUT2D eigenvalue weighted by atomic mass is 10.0. The van der Waals surface area contributed by atoms with Crippen LogP contribution in [0.4, 0.5) is 0 Å². The Balaban J connectivity index is 1.63. The molecule has 2 N–H and O–H groups in total. The second-order valence-corrected chi connectivity index (χ2v) is 9.60. The van der Waals surface area contributed by atoms with E-state index in [2.05, 4.69) is 58.7 Å². The van der Waals surface area contributed by atoms with Crippen molar-refractivity contribution >= 4 is 39.6 Å². The number of hydrogen-bond acceptors (Lipinski definition) is 3. The summed E-state index contributed by atoms with van der Waals surface area (Å²) in [5.74, 6) is 0. The summed E-state index contributed by atoms with van der Waals surface area (Å²) in [6.45, 7) is 7.30. The minimum Gasteiger partial charge on any atom is -0.356 e. The van der Waals surface area contributed by atoms with Gasteiger partial charge in [0.15, 0.2) is 5.11 Å². The molecule has 1 atom stereocenters. The number of thiocarbonyl (C=S) groups is 1. The summed E-state index contributed by atoms with van der Waals surface area (Å²) in [6, 6.07) is 20.6.